The molecule has 0 spiro atoms. The van der Waals surface area contributed by atoms with Gasteiger partial charge in [0.2, 0.25) is 0 Å². The number of para-hydroxylation sites is 3. The van der Waals surface area contributed by atoms with E-state index in [0.717, 1.165) is 24.3 Å². The summed E-state index contributed by atoms with van der Waals surface area (Å²) in [5.41, 5.74) is 10.2. The van der Waals surface area contributed by atoms with Crippen LogP contribution < -0.4 is 9.80 Å². The van der Waals surface area contributed by atoms with Gasteiger partial charge in [-0.1, -0.05) is 78.9 Å². The first-order valence-electron chi connectivity index (χ1n) is 14.2. The predicted octanol–water partition coefficient (Wildman–Crippen LogP) is 10.4. The van der Waals surface area contributed by atoms with Crippen LogP contribution in [0, 0.1) is 13.8 Å². The standard InChI is InChI=1S/C38H30N2/c1-25-23-35(39-22-21-27-11-9-10-16-34(27)39)32-19-17-31-26(2)24-36(33-20-18-30(25)37(32)38(31)33)40(28-12-5-3-6-13-28)29-14-7-4-8-15-29/h3-20,23-24H,21-22H2,1-2H3. The van der Waals surface area contributed by atoms with Crippen molar-refractivity contribution in [2.24, 2.45) is 0 Å². The van der Waals surface area contributed by atoms with Crippen molar-refractivity contribution < 1.29 is 0 Å². The van der Waals surface area contributed by atoms with Crippen molar-refractivity contribution in [3.05, 3.63) is 138 Å². The van der Waals surface area contributed by atoms with Crippen molar-refractivity contribution in [3.8, 4) is 0 Å². The minimum atomic E-state index is 1.02. The van der Waals surface area contributed by atoms with Gasteiger partial charge in [-0.25, -0.2) is 0 Å². The van der Waals surface area contributed by atoms with Gasteiger partial charge in [0.1, 0.15) is 0 Å². The number of fused-ring (bicyclic) bond motifs is 1. The third-order valence-electron chi connectivity index (χ3n) is 8.72. The quantitative estimate of drug-likeness (QED) is 0.216. The summed E-state index contributed by atoms with van der Waals surface area (Å²) in [7, 11) is 0. The summed E-state index contributed by atoms with van der Waals surface area (Å²) in [6.45, 7) is 5.54. The molecule has 0 aromatic heterocycles. The van der Waals surface area contributed by atoms with Crippen molar-refractivity contribution >= 4 is 60.8 Å². The minimum absolute atomic E-state index is 1.02. The normalized spacial score (nSPS) is 13.0. The van der Waals surface area contributed by atoms with E-state index >= 15 is 0 Å². The van der Waals surface area contributed by atoms with Crippen LogP contribution in [-0.2, 0) is 6.42 Å². The van der Waals surface area contributed by atoms with E-state index in [1.807, 2.05) is 0 Å². The molecule has 7 aromatic carbocycles. The molecule has 0 radical (unpaired) electrons. The summed E-state index contributed by atoms with van der Waals surface area (Å²) in [6, 6.07) is 44.5. The topological polar surface area (TPSA) is 6.48 Å². The Labute approximate surface area is 235 Å². The molecule has 0 N–H and O–H groups in total. The lowest BCUT2D eigenvalue weighted by Gasteiger charge is -2.29. The molecular formula is C38H30N2. The van der Waals surface area contributed by atoms with Gasteiger partial charge >= 0.3 is 0 Å². The average molecular weight is 515 g/mol. The molecule has 1 heterocycles. The van der Waals surface area contributed by atoms with Crippen LogP contribution in [0.5, 0.6) is 0 Å². The molecule has 0 aliphatic carbocycles. The van der Waals surface area contributed by atoms with Gasteiger partial charge in [-0.3, -0.25) is 0 Å². The predicted molar refractivity (Wildman–Crippen MR) is 171 cm³/mol. The summed E-state index contributed by atoms with van der Waals surface area (Å²) >= 11 is 0. The molecule has 0 bridgehead atoms. The highest BCUT2D eigenvalue weighted by molar-refractivity contribution is 6.29. The molecule has 0 saturated carbocycles. The van der Waals surface area contributed by atoms with Crippen LogP contribution in [0.4, 0.5) is 28.4 Å². The Hall–Kier alpha value is -4.82. The second kappa shape index (κ2) is 8.86. The maximum atomic E-state index is 2.53. The van der Waals surface area contributed by atoms with Gasteiger partial charge in [0.25, 0.3) is 0 Å². The first kappa shape index (κ1) is 23.1. The van der Waals surface area contributed by atoms with Gasteiger partial charge in [0.05, 0.1) is 5.69 Å². The Bertz CT molecular complexity index is 1990. The largest absolute Gasteiger partial charge is 0.340 e. The molecule has 40 heavy (non-hydrogen) atoms. The lowest BCUT2D eigenvalue weighted by molar-refractivity contribution is 1.00. The molecule has 0 amide bonds. The average Bonchev–Trinajstić information content (AvgIpc) is 3.43. The number of aryl methyl sites for hydroxylation is 2. The van der Waals surface area contributed by atoms with E-state index < -0.39 is 0 Å². The van der Waals surface area contributed by atoms with E-state index in [1.165, 1.54) is 66.1 Å². The Balaban J connectivity index is 1.45. The molecule has 0 saturated heterocycles. The monoisotopic (exact) mass is 514 g/mol. The number of hydrogen-bond acceptors (Lipinski definition) is 2. The Morgan fingerprint density at radius 1 is 0.525 bits per heavy atom. The number of benzene rings is 7. The zero-order chi connectivity index (χ0) is 26.8. The Morgan fingerprint density at radius 2 is 1.07 bits per heavy atom. The zero-order valence-corrected chi connectivity index (χ0v) is 22.9. The van der Waals surface area contributed by atoms with Crippen LogP contribution in [0.25, 0.3) is 32.3 Å². The van der Waals surface area contributed by atoms with E-state index in [4.69, 9.17) is 0 Å². The summed E-state index contributed by atoms with van der Waals surface area (Å²) in [5, 5.41) is 8.02. The third-order valence-corrected chi connectivity index (χ3v) is 8.72. The second-order valence-electron chi connectivity index (χ2n) is 11.0. The Kier molecular flexibility index (Phi) is 5.12. The van der Waals surface area contributed by atoms with Crippen molar-refractivity contribution in [1.29, 1.82) is 0 Å². The first-order valence-corrected chi connectivity index (χ1v) is 14.2. The maximum Gasteiger partial charge on any atom is 0.0543 e. The molecule has 2 heteroatoms. The number of rotatable bonds is 4. The molecular weight excluding hydrogens is 484 g/mol. The maximum absolute atomic E-state index is 2.53. The fourth-order valence-electron chi connectivity index (χ4n) is 6.88. The van der Waals surface area contributed by atoms with Crippen molar-refractivity contribution in [2.75, 3.05) is 16.3 Å². The molecule has 192 valence electrons. The van der Waals surface area contributed by atoms with Gasteiger partial charge in [0, 0.05) is 40.1 Å². The van der Waals surface area contributed by atoms with Crippen LogP contribution in [0.3, 0.4) is 0 Å². The van der Waals surface area contributed by atoms with E-state index in [1.54, 1.807) is 0 Å². The van der Waals surface area contributed by atoms with Gasteiger partial charge < -0.3 is 9.80 Å². The van der Waals surface area contributed by atoms with Crippen molar-refractivity contribution in [3.63, 3.8) is 0 Å². The van der Waals surface area contributed by atoms with Crippen molar-refractivity contribution in [1.82, 2.24) is 0 Å². The molecule has 0 unspecified atom stereocenters. The number of hydrogen-bond donors (Lipinski definition) is 0. The smallest absolute Gasteiger partial charge is 0.0543 e. The fraction of sp³-hybridized carbons (Fsp3) is 0.105. The zero-order valence-electron chi connectivity index (χ0n) is 22.9. The van der Waals surface area contributed by atoms with Gasteiger partial charge in [-0.05, 0) is 101 Å². The van der Waals surface area contributed by atoms with E-state index in [-0.39, 0.29) is 0 Å². The summed E-state index contributed by atoms with van der Waals surface area (Å²) < 4.78 is 0. The van der Waals surface area contributed by atoms with E-state index in [0.29, 0.717) is 0 Å². The van der Waals surface area contributed by atoms with Crippen molar-refractivity contribution in [2.45, 2.75) is 20.3 Å². The Morgan fingerprint density at radius 3 is 1.77 bits per heavy atom. The highest BCUT2D eigenvalue weighted by Crippen LogP contribution is 2.48. The lowest BCUT2D eigenvalue weighted by Crippen LogP contribution is -2.14. The molecule has 1 aliphatic heterocycles. The number of nitrogens with zero attached hydrogens (tertiary/aromatic N) is 2. The van der Waals surface area contributed by atoms with Crippen LogP contribution >= 0.6 is 0 Å². The first-order chi connectivity index (χ1) is 19.7. The van der Waals surface area contributed by atoms with Crippen LogP contribution in [-0.4, -0.2) is 6.54 Å². The molecule has 1 aliphatic rings. The lowest BCUT2D eigenvalue weighted by atomic mass is 9.88. The third kappa shape index (κ3) is 3.36. The SMILES string of the molecule is Cc1cc(N2CCc3ccccc32)c2ccc3c(C)cc(N(c4ccccc4)c4ccccc4)c4ccc1c2c34. The van der Waals surface area contributed by atoms with Crippen LogP contribution in [0.2, 0.25) is 0 Å². The highest BCUT2D eigenvalue weighted by atomic mass is 15.2. The van der Waals surface area contributed by atoms with Crippen LogP contribution in [0.15, 0.2) is 121 Å². The van der Waals surface area contributed by atoms with E-state index in [9.17, 15) is 0 Å². The number of anilines is 5. The molecule has 2 nitrogen and oxygen atoms in total. The summed E-state index contributed by atoms with van der Waals surface area (Å²) in [6.07, 6.45) is 1.09. The van der Waals surface area contributed by atoms with E-state index in [2.05, 4.69) is 145 Å². The minimum Gasteiger partial charge on any atom is -0.340 e. The highest BCUT2D eigenvalue weighted by Gasteiger charge is 2.25. The second-order valence-corrected chi connectivity index (χ2v) is 11.0. The molecule has 0 atom stereocenters. The van der Waals surface area contributed by atoms with Gasteiger partial charge in [-0.15, -0.1) is 0 Å². The van der Waals surface area contributed by atoms with Gasteiger partial charge in [0.15, 0.2) is 0 Å². The fourth-order valence-corrected chi connectivity index (χ4v) is 6.88. The van der Waals surface area contributed by atoms with Crippen LogP contribution in [0.1, 0.15) is 16.7 Å². The molecule has 7 aromatic rings. The molecule has 0 fully saturated rings. The summed E-state index contributed by atoms with van der Waals surface area (Å²) in [4.78, 5) is 4.94. The molecule has 8 rings (SSSR count). The summed E-state index contributed by atoms with van der Waals surface area (Å²) in [5.74, 6) is 0. The van der Waals surface area contributed by atoms with Gasteiger partial charge in [-0.2, -0.15) is 0 Å².